The monoisotopic (exact) mass is 179 g/mol. The number of hydrogen-bond acceptors (Lipinski definition) is 1. The standard InChI is InChI=1S/C11H14FN/c1-8-4-5-9(10(12)13-8)11(2)6-3-7-11/h4-5H,3,6-7H2,1-2H3. The van der Waals surface area contributed by atoms with Crippen LogP contribution in [0.2, 0.25) is 0 Å². The first-order valence-corrected chi connectivity index (χ1v) is 4.75. The van der Waals surface area contributed by atoms with Crippen LogP contribution in [0, 0.1) is 12.9 Å². The summed E-state index contributed by atoms with van der Waals surface area (Å²) in [5.74, 6) is -0.276. The van der Waals surface area contributed by atoms with E-state index in [9.17, 15) is 4.39 Å². The van der Waals surface area contributed by atoms with Crippen molar-refractivity contribution in [3.8, 4) is 0 Å². The first-order chi connectivity index (χ1) is 6.12. The van der Waals surface area contributed by atoms with Gasteiger partial charge in [-0.25, -0.2) is 4.98 Å². The van der Waals surface area contributed by atoms with Crippen LogP contribution in [0.15, 0.2) is 12.1 Å². The van der Waals surface area contributed by atoms with E-state index in [4.69, 9.17) is 0 Å². The molecule has 1 aliphatic carbocycles. The fourth-order valence-electron chi connectivity index (χ4n) is 1.95. The van der Waals surface area contributed by atoms with Crippen molar-refractivity contribution in [1.29, 1.82) is 0 Å². The van der Waals surface area contributed by atoms with Gasteiger partial charge in [0.1, 0.15) is 0 Å². The van der Waals surface area contributed by atoms with E-state index in [0.717, 1.165) is 24.1 Å². The number of nitrogens with zero attached hydrogens (tertiary/aromatic N) is 1. The Morgan fingerprint density at radius 2 is 2.08 bits per heavy atom. The highest BCUT2D eigenvalue weighted by Crippen LogP contribution is 2.43. The highest BCUT2D eigenvalue weighted by Gasteiger charge is 2.36. The number of pyridine rings is 1. The molecule has 0 radical (unpaired) electrons. The first-order valence-electron chi connectivity index (χ1n) is 4.75. The van der Waals surface area contributed by atoms with Gasteiger partial charge in [0.15, 0.2) is 0 Å². The maximum Gasteiger partial charge on any atom is 0.216 e. The summed E-state index contributed by atoms with van der Waals surface area (Å²) < 4.78 is 13.5. The van der Waals surface area contributed by atoms with Crippen molar-refractivity contribution in [3.63, 3.8) is 0 Å². The van der Waals surface area contributed by atoms with Gasteiger partial charge < -0.3 is 0 Å². The summed E-state index contributed by atoms with van der Waals surface area (Å²) >= 11 is 0. The maximum absolute atomic E-state index is 13.5. The summed E-state index contributed by atoms with van der Waals surface area (Å²) in [5, 5.41) is 0. The molecular formula is C11H14FN. The van der Waals surface area contributed by atoms with Gasteiger partial charge in [0.25, 0.3) is 0 Å². The third kappa shape index (κ3) is 1.34. The Hall–Kier alpha value is -0.920. The van der Waals surface area contributed by atoms with E-state index in [1.807, 2.05) is 19.1 Å². The third-order valence-corrected chi connectivity index (χ3v) is 3.10. The molecule has 0 spiro atoms. The molecule has 1 aromatic heterocycles. The lowest BCUT2D eigenvalue weighted by molar-refractivity contribution is 0.260. The van der Waals surface area contributed by atoms with Gasteiger partial charge in [0.05, 0.1) is 0 Å². The molecule has 1 heterocycles. The van der Waals surface area contributed by atoms with Gasteiger partial charge in [-0.1, -0.05) is 19.4 Å². The van der Waals surface area contributed by atoms with Crippen molar-refractivity contribution in [3.05, 3.63) is 29.3 Å². The van der Waals surface area contributed by atoms with Crippen LogP contribution in [0.1, 0.15) is 37.4 Å². The van der Waals surface area contributed by atoms with Crippen LogP contribution < -0.4 is 0 Å². The summed E-state index contributed by atoms with van der Waals surface area (Å²) in [6.45, 7) is 3.93. The Bertz CT molecular complexity index is 329. The SMILES string of the molecule is Cc1ccc(C2(C)CCC2)c(F)n1. The third-order valence-electron chi connectivity index (χ3n) is 3.10. The lowest BCUT2D eigenvalue weighted by Gasteiger charge is -2.38. The summed E-state index contributed by atoms with van der Waals surface area (Å²) in [7, 11) is 0. The molecule has 0 unspecified atom stereocenters. The highest BCUT2D eigenvalue weighted by atomic mass is 19.1. The largest absolute Gasteiger partial charge is 0.225 e. The van der Waals surface area contributed by atoms with Gasteiger partial charge in [-0.3, -0.25) is 0 Å². The normalized spacial score (nSPS) is 19.6. The quantitative estimate of drug-likeness (QED) is 0.604. The summed E-state index contributed by atoms with van der Waals surface area (Å²) in [6.07, 6.45) is 3.40. The topological polar surface area (TPSA) is 12.9 Å². The molecule has 0 amide bonds. The predicted molar refractivity (Wildman–Crippen MR) is 50.1 cm³/mol. The van der Waals surface area contributed by atoms with Crippen molar-refractivity contribution < 1.29 is 4.39 Å². The molecule has 2 rings (SSSR count). The Morgan fingerprint density at radius 3 is 2.54 bits per heavy atom. The van der Waals surface area contributed by atoms with Crippen LogP contribution in [0.3, 0.4) is 0 Å². The van der Waals surface area contributed by atoms with E-state index < -0.39 is 0 Å². The van der Waals surface area contributed by atoms with Crippen molar-refractivity contribution in [2.24, 2.45) is 0 Å². The van der Waals surface area contributed by atoms with Crippen LogP contribution in [-0.4, -0.2) is 4.98 Å². The molecule has 0 bridgehead atoms. The molecule has 0 aromatic carbocycles. The Kier molecular flexibility index (Phi) is 1.86. The molecule has 70 valence electrons. The molecule has 13 heavy (non-hydrogen) atoms. The number of halogens is 1. The van der Waals surface area contributed by atoms with Crippen LogP contribution >= 0.6 is 0 Å². The van der Waals surface area contributed by atoms with E-state index in [2.05, 4.69) is 11.9 Å². The molecule has 1 aromatic rings. The molecular weight excluding hydrogens is 165 g/mol. The van der Waals surface area contributed by atoms with Crippen LogP contribution in [0.25, 0.3) is 0 Å². The zero-order valence-corrected chi connectivity index (χ0v) is 8.10. The predicted octanol–water partition coefficient (Wildman–Crippen LogP) is 2.97. The molecule has 0 saturated heterocycles. The smallest absolute Gasteiger partial charge is 0.216 e. The summed E-state index contributed by atoms with van der Waals surface area (Å²) in [6, 6.07) is 3.78. The van der Waals surface area contributed by atoms with Gasteiger partial charge in [0, 0.05) is 11.3 Å². The second-order valence-electron chi connectivity index (χ2n) is 4.21. The van der Waals surface area contributed by atoms with Crippen molar-refractivity contribution in [2.45, 2.75) is 38.5 Å². The minimum absolute atomic E-state index is 0.0603. The lowest BCUT2D eigenvalue weighted by atomic mass is 9.66. The zero-order valence-electron chi connectivity index (χ0n) is 8.10. The molecule has 1 saturated carbocycles. The average Bonchev–Trinajstić information content (AvgIpc) is 2.00. The van der Waals surface area contributed by atoms with E-state index in [-0.39, 0.29) is 11.4 Å². The molecule has 1 fully saturated rings. The van der Waals surface area contributed by atoms with Gasteiger partial charge in [-0.05, 0) is 31.2 Å². The lowest BCUT2D eigenvalue weighted by Crippen LogP contribution is -2.31. The van der Waals surface area contributed by atoms with E-state index in [0.29, 0.717) is 0 Å². The van der Waals surface area contributed by atoms with E-state index in [1.54, 1.807) is 0 Å². The number of hydrogen-bond donors (Lipinski definition) is 0. The van der Waals surface area contributed by atoms with Crippen LogP contribution in [0.4, 0.5) is 4.39 Å². The van der Waals surface area contributed by atoms with Crippen molar-refractivity contribution in [2.75, 3.05) is 0 Å². The fraction of sp³-hybridized carbons (Fsp3) is 0.545. The molecule has 0 aliphatic heterocycles. The second-order valence-corrected chi connectivity index (χ2v) is 4.21. The van der Waals surface area contributed by atoms with Gasteiger partial charge >= 0.3 is 0 Å². The van der Waals surface area contributed by atoms with Crippen molar-refractivity contribution >= 4 is 0 Å². The van der Waals surface area contributed by atoms with E-state index in [1.165, 1.54) is 6.42 Å². The van der Waals surface area contributed by atoms with Gasteiger partial charge in [-0.2, -0.15) is 4.39 Å². The van der Waals surface area contributed by atoms with Gasteiger partial charge in [-0.15, -0.1) is 0 Å². The first kappa shape index (κ1) is 8.67. The Balaban J connectivity index is 2.40. The van der Waals surface area contributed by atoms with Crippen LogP contribution in [0.5, 0.6) is 0 Å². The number of aryl methyl sites for hydroxylation is 1. The molecule has 1 aliphatic rings. The van der Waals surface area contributed by atoms with Gasteiger partial charge in [0.2, 0.25) is 5.95 Å². The Morgan fingerprint density at radius 1 is 1.38 bits per heavy atom. The number of aromatic nitrogens is 1. The average molecular weight is 179 g/mol. The maximum atomic E-state index is 13.5. The molecule has 2 heteroatoms. The zero-order chi connectivity index (χ0) is 9.47. The second kappa shape index (κ2) is 2.79. The molecule has 0 N–H and O–H groups in total. The fourth-order valence-corrected chi connectivity index (χ4v) is 1.95. The van der Waals surface area contributed by atoms with Crippen molar-refractivity contribution in [1.82, 2.24) is 4.98 Å². The van der Waals surface area contributed by atoms with Crippen LogP contribution in [-0.2, 0) is 5.41 Å². The highest BCUT2D eigenvalue weighted by molar-refractivity contribution is 5.26. The minimum atomic E-state index is -0.276. The van der Waals surface area contributed by atoms with E-state index >= 15 is 0 Å². The molecule has 0 atom stereocenters. The number of rotatable bonds is 1. The minimum Gasteiger partial charge on any atom is -0.225 e. The summed E-state index contributed by atoms with van der Waals surface area (Å²) in [4.78, 5) is 3.86. The Labute approximate surface area is 78.0 Å². The molecule has 1 nitrogen and oxygen atoms in total. The summed E-state index contributed by atoms with van der Waals surface area (Å²) in [5.41, 5.74) is 1.61.